The molecule has 0 amide bonds. The van der Waals surface area contributed by atoms with Gasteiger partial charge in [-0.15, -0.1) is 0 Å². The normalized spacial score (nSPS) is 15.0. The van der Waals surface area contributed by atoms with E-state index in [0.29, 0.717) is 5.92 Å². The maximum atomic E-state index is 2.45. The molecule has 0 spiro atoms. The molecule has 0 saturated carbocycles. The molecule has 0 aliphatic heterocycles. The van der Waals surface area contributed by atoms with Crippen molar-refractivity contribution in [3.8, 4) is 11.1 Å². The number of allylic oxidation sites excluding steroid dienone is 1. The van der Waals surface area contributed by atoms with E-state index in [1.807, 2.05) is 0 Å². The first-order chi connectivity index (χ1) is 11.9. The number of fused-ring (bicyclic) bond motifs is 1. The number of unbranched alkanes of at least 4 members (excludes halogenated alkanes) is 1. The van der Waals surface area contributed by atoms with Crippen molar-refractivity contribution < 1.29 is 0 Å². The molecule has 1 atom stereocenters. The van der Waals surface area contributed by atoms with Crippen LogP contribution in [0, 0.1) is 5.92 Å². The zero-order valence-electron chi connectivity index (χ0n) is 16.5. The van der Waals surface area contributed by atoms with Crippen molar-refractivity contribution in [1.29, 1.82) is 0 Å². The summed E-state index contributed by atoms with van der Waals surface area (Å²) < 4.78 is 0. The molecular weight excluding hydrogens is 300 g/mol. The first-order valence-electron chi connectivity index (χ1n) is 9.83. The van der Waals surface area contributed by atoms with Crippen LogP contribution in [-0.4, -0.2) is 0 Å². The zero-order chi connectivity index (χ0) is 18.0. The van der Waals surface area contributed by atoms with E-state index in [0.717, 1.165) is 6.42 Å². The number of rotatable bonds is 5. The lowest BCUT2D eigenvalue weighted by atomic mass is 9.85. The second-order valence-corrected chi connectivity index (χ2v) is 8.64. The number of hydrogen-bond acceptors (Lipinski definition) is 0. The summed E-state index contributed by atoms with van der Waals surface area (Å²) in [5.41, 5.74) is 8.92. The van der Waals surface area contributed by atoms with E-state index in [9.17, 15) is 0 Å². The van der Waals surface area contributed by atoms with Crippen LogP contribution < -0.4 is 0 Å². The average molecular weight is 333 g/mol. The van der Waals surface area contributed by atoms with E-state index in [2.05, 4.69) is 83.2 Å². The van der Waals surface area contributed by atoms with E-state index in [4.69, 9.17) is 0 Å². The van der Waals surface area contributed by atoms with Crippen molar-refractivity contribution in [3.05, 3.63) is 64.7 Å². The summed E-state index contributed by atoms with van der Waals surface area (Å²) in [7, 11) is 0. The standard InChI is InChI=1S/C25H32/c1-6-7-9-18(2)21-16-20-10-8-11-23(24(20)17-21)19-12-14-22(15-13-19)25(3,4)5/h8,10-16,18H,6-7,9,17H2,1-5H3. The number of benzene rings is 2. The largest absolute Gasteiger partial charge is 0.0654 e. The Morgan fingerprint density at radius 1 is 1.00 bits per heavy atom. The van der Waals surface area contributed by atoms with Crippen LogP contribution in [0.4, 0.5) is 0 Å². The van der Waals surface area contributed by atoms with E-state index < -0.39 is 0 Å². The van der Waals surface area contributed by atoms with Gasteiger partial charge < -0.3 is 0 Å². The van der Waals surface area contributed by atoms with Gasteiger partial charge in [-0.25, -0.2) is 0 Å². The molecule has 0 bridgehead atoms. The highest BCUT2D eigenvalue weighted by Gasteiger charge is 2.21. The van der Waals surface area contributed by atoms with Gasteiger partial charge >= 0.3 is 0 Å². The summed E-state index contributed by atoms with van der Waals surface area (Å²) in [4.78, 5) is 0. The molecule has 3 rings (SSSR count). The first-order valence-corrected chi connectivity index (χ1v) is 9.83. The minimum atomic E-state index is 0.209. The molecule has 0 heterocycles. The molecule has 0 heteroatoms. The average Bonchev–Trinajstić information content (AvgIpc) is 3.03. The van der Waals surface area contributed by atoms with Gasteiger partial charge in [-0.3, -0.25) is 0 Å². The van der Waals surface area contributed by atoms with Gasteiger partial charge in [0.25, 0.3) is 0 Å². The Labute approximate surface area is 154 Å². The quantitative estimate of drug-likeness (QED) is 0.534. The minimum Gasteiger partial charge on any atom is -0.0654 e. The fourth-order valence-electron chi connectivity index (χ4n) is 3.82. The SMILES string of the molecule is CCCCC(C)C1=Cc2cccc(-c3ccc(C(C)(C)C)cc3)c2C1. The van der Waals surface area contributed by atoms with Crippen molar-refractivity contribution in [2.45, 2.75) is 65.7 Å². The Morgan fingerprint density at radius 2 is 1.72 bits per heavy atom. The van der Waals surface area contributed by atoms with Crippen LogP contribution in [-0.2, 0) is 11.8 Å². The van der Waals surface area contributed by atoms with Crippen LogP contribution in [0.5, 0.6) is 0 Å². The Hall–Kier alpha value is -1.82. The first kappa shape index (κ1) is 18.0. The minimum absolute atomic E-state index is 0.209. The summed E-state index contributed by atoms with van der Waals surface area (Å²) in [5.74, 6) is 0.698. The van der Waals surface area contributed by atoms with Gasteiger partial charge in [-0.05, 0) is 52.0 Å². The van der Waals surface area contributed by atoms with Crippen LogP contribution in [0.15, 0.2) is 48.0 Å². The molecule has 0 N–H and O–H groups in total. The molecule has 0 fully saturated rings. The molecule has 1 unspecified atom stereocenters. The second kappa shape index (κ2) is 7.20. The molecule has 2 aromatic rings. The lowest BCUT2D eigenvalue weighted by Gasteiger charge is -2.19. The van der Waals surface area contributed by atoms with Crippen LogP contribution >= 0.6 is 0 Å². The van der Waals surface area contributed by atoms with E-state index in [1.54, 1.807) is 5.57 Å². The molecule has 0 nitrogen and oxygen atoms in total. The smallest absolute Gasteiger partial charge is 0.00490 e. The topological polar surface area (TPSA) is 0 Å². The highest BCUT2D eigenvalue weighted by molar-refractivity contribution is 5.77. The predicted octanol–water partition coefficient (Wildman–Crippen LogP) is 7.42. The molecule has 2 aromatic carbocycles. The van der Waals surface area contributed by atoms with Crippen molar-refractivity contribution >= 4 is 6.08 Å². The predicted molar refractivity (Wildman–Crippen MR) is 111 cm³/mol. The fraction of sp³-hybridized carbons (Fsp3) is 0.440. The van der Waals surface area contributed by atoms with Crippen LogP contribution in [0.1, 0.15) is 70.6 Å². The lowest BCUT2D eigenvalue weighted by Crippen LogP contribution is -2.10. The molecule has 0 radical (unpaired) electrons. The van der Waals surface area contributed by atoms with Gasteiger partial charge in [0.2, 0.25) is 0 Å². The van der Waals surface area contributed by atoms with E-state index >= 15 is 0 Å². The maximum Gasteiger partial charge on any atom is -0.00490 e. The van der Waals surface area contributed by atoms with Crippen molar-refractivity contribution in [2.75, 3.05) is 0 Å². The third-order valence-corrected chi connectivity index (χ3v) is 5.62. The van der Waals surface area contributed by atoms with E-state index in [-0.39, 0.29) is 5.41 Å². The van der Waals surface area contributed by atoms with Gasteiger partial charge in [0.15, 0.2) is 0 Å². The van der Waals surface area contributed by atoms with Crippen LogP contribution in [0.3, 0.4) is 0 Å². The third-order valence-electron chi connectivity index (χ3n) is 5.62. The Kier molecular flexibility index (Phi) is 5.18. The van der Waals surface area contributed by atoms with Gasteiger partial charge in [0.05, 0.1) is 0 Å². The molecular formula is C25H32. The van der Waals surface area contributed by atoms with Gasteiger partial charge in [0.1, 0.15) is 0 Å². The Bertz CT molecular complexity index is 754. The van der Waals surface area contributed by atoms with Gasteiger partial charge in [-0.1, -0.05) is 102 Å². The second-order valence-electron chi connectivity index (χ2n) is 8.64. The molecule has 1 aliphatic carbocycles. The fourth-order valence-corrected chi connectivity index (χ4v) is 3.82. The van der Waals surface area contributed by atoms with Crippen molar-refractivity contribution in [2.24, 2.45) is 5.92 Å². The van der Waals surface area contributed by atoms with E-state index in [1.165, 1.54) is 47.1 Å². The van der Waals surface area contributed by atoms with Crippen molar-refractivity contribution in [1.82, 2.24) is 0 Å². The summed E-state index contributed by atoms with van der Waals surface area (Å²) in [5, 5.41) is 0. The zero-order valence-corrected chi connectivity index (χ0v) is 16.5. The highest BCUT2D eigenvalue weighted by atomic mass is 14.3. The summed E-state index contributed by atoms with van der Waals surface area (Å²) >= 11 is 0. The highest BCUT2D eigenvalue weighted by Crippen LogP contribution is 2.38. The summed E-state index contributed by atoms with van der Waals surface area (Å²) in [6, 6.07) is 16.0. The Morgan fingerprint density at radius 3 is 2.36 bits per heavy atom. The van der Waals surface area contributed by atoms with Crippen LogP contribution in [0.25, 0.3) is 17.2 Å². The molecule has 0 saturated heterocycles. The number of hydrogen-bond donors (Lipinski definition) is 0. The summed E-state index contributed by atoms with van der Waals surface area (Å²) in [6.45, 7) is 11.5. The molecule has 0 aromatic heterocycles. The lowest BCUT2D eigenvalue weighted by molar-refractivity contribution is 0.567. The maximum absolute atomic E-state index is 2.45. The van der Waals surface area contributed by atoms with Crippen molar-refractivity contribution in [3.63, 3.8) is 0 Å². The third kappa shape index (κ3) is 3.89. The summed E-state index contributed by atoms with van der Waals surface area (Å²) in [6.07, 6.45) is 7.50. The Balaban J connectivity index is 1.86. The van der Waals surface area contributed by atoms with Crippen LogP contribution in [0.2, 0.25) is 0 Å². The van der Waals surface area contributed by atoms with Gasteiger partial charge in [0, 0.05) is 0 Å². The molecule has 132 valence electrons. The van der Waals surface area contributed by atoms with Gasteiger partial charge in [-0.2, -0.15) is 0 Å². The monoisotopic (exact) mass is 332 g/mol. The molecule has 1 aliphatic rings. The molecule has 25 heavy (non-hydrogen) atoms.